The number of nitrogens with zero attached hydrogens (tertiary/aromatic N) is 5. The zero-order chi connectivity index (χ0) is 19.1. The Labute approximate surface area is 165 Å². The van der Waals surface area contributed by atoms with Crippen molar-refractivity contribution in [2.45, 2.75) is 51.9 Å². The van der Waals surface area contributed by atoms with Gasteiger partial charge in [-0.3, -0.25) is 9.67 Å². The lowest BCUT2D eigenvalue weighted by molar-refractivity contribution is 0.181. The van der Waals surface area contributed by atoms with E-state index in [2.05, 4.69) is 40.3 Å². The van der Waals surface area contributed by atoms with E-state index in [4.69, 9.17) is 4.99 Å². The van der Waals surface area contributed by atoms with Crippen LogP contribution in [0.2, 0.25) is 0 Å². The molecule has 0 saturated carbocycles. The predicted molar refractivity (Wildman–Crippen MR) is 112 cm³/mol. The molecule has 1 aromatic rings. The third kappa shape index (κ3) is 5.96. The SMILES string of the molecule is CCNC(=NCCCCN1CCCC(C)C1)N1CCC(c2cnn(C)c2)C1. The molecule has 2 aliphatic heterocycles. The second-order valence-corrected chi connectivity index (χ2v) is 8.37. The van der Waals surface area contributed by atoms with Gasteiger partial charge in [-0.1, -0.05) is 6.92 Å². The standard InChI is InChI=1S/C21H38N6/c1-4-22-21(23-10-5-6-11-26-12-7-8-18(2)15-26)27-13-9-19(17-27)20-14-24-25(3)16-20/h14,16,18-19H,4-13,15,17H2,1-3H3,(H,22,23). The molecular weight excluding hydrogens is 336 g/mol. The molecule has 1 N–H and O–H groups in total. The molecule has 0 spiro atoms. The van der Waals surface area contributed by atoms with Gasteiger partial charge in [0.1, 0.15) is 0 Å². The maximum atomic E-state index is 4.92. The maximum absolute atomic E-state index is 4.92. The summed E-state index contributed by atoms with van der Waals surface area (Å²) in [6.45, 7) is 12.3. The highest BCUT2D eigenvalue weighted by Crippen LogP contribution is 2.26. The van der Waals surface area contributed by atoms with Crippen LogP contribution in [0.1, 0.15) is 57.4 Å². The minimum atomic E-state index is 0.573. The van der Waals surface area contributed by atoms with Gasteiger partial charge in [0.15, 0.2) is 5.96 Å². The third-order valence-electron chi connectivity index (χ3n) is 5.90. The molecule has 27 heavy (non-hydrogen) atoms. The van der Waals surface area contributed by atoms with E-state index in [1.807, 2.05) is 17.9 Å². The number of aliphatic imine (C=N–C) groups is 1. The van der Waals surface area contributed by atoms with E-state index >= 15 is 0 Å². The topological polar surface area (TPSA) is 48.7 Å². The quantitative estimate of drug-likeness (QED) is 0.453. The first-order valence-electron chi connectivity index (χ1n) is 10.9. The van der Waals surface area contributed by atoms with Crippen LogP contribution in [0.4, 0.5) is 0 Å². The summed E-state index contributed by atoms with van der Waals surface area (Å²) in [4.78, 5) is 9.98. The van der Waals surface area contributed by atoms with Gasteiger partial charge in [0.25, 0.3) is 0 Å². The molecule has 2 atom stereocenters. The molecule has 152 valence electrons. The van der Waals surface area contributed by atoms with Gasteiger partial charge in [0.05, 0.1) is 6.20 Å². The number of aromatic nitrogens is 2. The first-order chi connectivity index (χ1) is 13.2. The summed E-state index contributed by atoms with van der Waals surface area (Å²) >= 11 is 0. The molecule has 6 heteroatoms. The van der Waals surface area contributed by atoms with Crippen LogP contribution in [0.3, 0.4) is 0 Å². The minimum Gasteiger partial charge on any atom is -0.357 e. The maximum Gasteiger partial charge on any atom is 0.193 e. The summed E-state index contributed by atoms with van der Waals surface area (Å²) < 4.78 is 1.90. The van der Waals surface area contributed by atoms with E-state index in [1.54, 1.807) is 0 Å². The number of piperidine rings is 1. The summed E-state index contributed by atoms with van der Waals surface area (Å²) in [6, 6.07) is 0. The Balaban J connectivity index is 1.42. The Kier molecular flexibility index (Phi) is 7.56. The molecule has 0 radical (unpaired) electrons. The molecule has 6 nitrogen and oxygen atoms in total. The number of likely N-dealkylation sites (tertiary alicyclic amines) is 2. The lowest BCUT2D eigenvalue weighted by Gasteiger charge is -2.30. The number of hydrogen-bond donors (Lipinski definition) is 1. The lowest BCUT2D eigenvalue weighted by Crippen LogP contribution is -2.40. The zero-order valence-corrected chi connectivity index (χ0v) is 17.5. The van der Waals surface area contributed by atoms with Crippen LogP contribution >= 0.6 is 0 Å². The van der Waals surface area contributed by atoms with Gasteiger partial charge in [0.2, 0.25) is 0 Å². The number of unbranched alkanes of at least 4 members (excludes halogenated alkanes) is 1. The summed E-state index contributed by atoms with van der Waals surface area (Å²) in [6.07, 6.45) is 10.6. The number of guanidine groups is 1. The molecule has 2 fully saturated rings. The van der Waals surface area contributed by atoms with Crippen LogP contribution in [-0.4, -0.2) is 71.4 Å². The highest BCUT2D eigenvalue weighted by molar-refractivity contribution is 5.80. The fourth-order valence-corrected chi connectivity index (χ4v) is 4.42. The predicted octanol–water partition coefficient (Wildman–Crippen LogP) is 2.69. The molecule has 0 aliphatic carbocycles. The molecule has 0 bridgehead atoms. The summed E-state index contributed by atoms with van der Waals surface area (Å²) in [7, 11) is 1.99. The van der Waals surface area contributed by atoms with Gasteiger partial charge >= 0.3 is 0 Å². The second-order valence-electron chi connectivity index (χ2n) is 8.37. The highest BCUT2D eigenvalue weighted by atomic mass is 15.3. The van der Waals surface area contributed by atoms with Crippen LogP contribution in [0.15, 0.2) is 17.4 Å². The van der Waals surface area contributed by atoms with Gasteiger partial charge in [-0.15, -0.1) is 0 Å². The zero-order valence-electron chi connectivity index (χ0n) is 17.5. The molecule has 0 aromatic carbocycles. The van der Waals surface area contributed by atoms with Gasteiger partial charge in [-0.05, 0) is 63.6 Å². The van der Waals surface area contributed by atoms with Gasteiger partial charge < -0.3 is 15.1 Å². The molecule has 1 aromatic heterocycles. The van der Waals surface area contributed by atoms with Crippen molar-refractivity contribution in [3.8, 4) is 0 Å². The summed E-state index contributed by atoms with van der Waals surface area (Å²) in [5.41, 5.74) is 1.35. The van der Waals surface area contributed by atoms with Crippen LogP contribution < -0.4 is 5.32 Å². The molecule has 3 rings (SSSR count). The first-order valence-corrected chi connectivity index (χ1v) is 10.9. The van der Waals surface area contributed by atoms with Crippen molar-refractivity contribution in [3.63, 3.8) is 0 Å². The van der Waals surface area contributed by atoms with Gasteiger partial charge in [-0.2, -0.15) is 5.10 Å². The monoisotopic (exact) mass is 374 g/mol. The number of hydrogen-bond acceptors (Lipinski definition) is 3. The van der Waals surface area contributed by atoms with Crippen LogP contribution in [0.5, 0.6) is 0 Å². The van der Waals surface area contributed by atoms with E-state index < -0.39 is 0 Å². The van der Waals surface area contributed by atoms with E-state index in [-0.39, 0.29) is 0 Å². The fraction of sp³-hybridized carbons (Fsp3) is 0.810. The van der Waals surface area contributed by atoms with E-state index in [0.29, 0.717) is 5.92 Å². The number of rotatable bonds is 7. The van der Waals surface area contributed by atoms with Crippen molar-refractivity contribution in [1.82, 2.24) is 24.9 Å². The van der Waals surface area contributed by atoms with Crippen molar-refractivity contribution in [1.29, 1.82) is 0 Å². The van der Waals surface area contributed by atoms with Crippen molar-refractivity contribution in [2.24, 2.45) is 18.0 Å². The van der Waals surface area contributed by atoms with Crippen molar-refractivity contribution in [3.05, 3.63) is 18.0 Å². The molecule has 2 saturated heterocycles. The molecule has 0 amide bonds. The van der Waals surface area contributed by atoms with Crippen molar-refractivity contribution in [2.75, 3.05) is 45.8 Å². The smallest absolute Gasteiger partial charge is 0.193 e. The van der Waals surface area contributed by atoms with E-state index in [0.717, 1.165) is 38.1 Å². The first kappa shape index (κ1) is 20.2. The summed E-state index contributed by atoms with van der Waals surface area (Å²) in [5.74, 6) is 2.54. The Morgan fingerprint density at radius 2 is 2.15 bits per heavy atom. The van der Waals surface area contributed by atoms with Crippen molar-refractivity contribution >= 4 is 5.96 Å². The van der Waals surface area contributed by atoms with Gasteiger partial charge in [-0.25, -0.2) is 0 Å². The lowest BCUT2D eigenvalue weighted by atomic mass is 10.0. The van der Waals surface area contributed by atoms with Crippen LogP contribution in [0, 0.1) is 5.92 Å². The molecule has 2 unspecified atom stereocenters. The largest absolute Gasteiger partial charge is 0.357 e. The molecule has 2 aliphatic rings. The normalized spacial score (nSPS) is 24.6. The van der Waals surface area contributed by atoms with E-state index in [9.17, 15) is 0 Å². The number of nitrogens with one attached hydrogen (secondary N) is 1. The highest BCUT2D eigenvalue weighted by Gasteiger charge is 2.26. The Morgan fingerprint density at radius 3 is 2.89 bits per heavy atom. The summed E-state index contributed by atoms with van der Waals surface area (Å²) in [5, 5.41) is 7.82. The van der Waals surface area contributed by atoms with E-state index in [1.165, 1.54) is 57.3 Å². The third-order valence-corrected chi connectivity index (χ3v) is 5.90. The average Bonchev–Trinajstić information content (AvgIpc) is 3.29. The minimum absolute atomic E-state index is 0.573. The second kappa shape index (κ2) is 10.1. The fourth-order valence-electron chi connectivity index (χ4n) is 4.42. The van der Waals surface area contributed by atoms with Crippen molar-refractivity contribution < 1.29 is 0 Å². The van der Waals surface area contributed by atoms with Crippen LogP contribution in [0.25, 0.3) is 0 Å². The Bertz CT molecular complexity index is 595. The average molecular weight is 375 g/mol. The Hall–Kier alpha value is -1.56. The Morgan fingerprint density at radius 1 is 1.26 bits per heavy atom. The molecular formula is C21H38N6. The van der Waals surface area contributed by atoms with Crippen LogP contribution in [-0.2, 0) is 7.05 Å². The van der Waals surface area contributed by atoms with Gasteiger partial charge in [0, 0.05) is 51.9 Å². The number of aryl methyl sites for hydroxylation is 1. The molecule has 3 heterocycles.